The summed E-state index contributed by atoms with van der Waals surface area (Å²) >= 11 is 0. The second-order valence-corrected chi connectivity index (χ2v) is 7.01. The van der Waals surface area contributed by atoms with Crippen LogP contribution in [0.15, 0.2) is 36.5 Å². The minimum atomic E-state index is 0.257. The molecule has 0 N–H and O–H groups in total. The summed E-state index contributed by atoms with van der Waals surface area (Å²) < 4.78 is 22.2. The Bertz CT molecular complexity index is 1030. The Kier molecular flexibility index (Phi) is 3.79. The molecule has 3 heterocycles. The van der Waals surface area contributed by atoms with Gasteiger partial charge in [-0.3, -0.25) is 4.98 Å². The number of aromatic nitrogens is 1. The van der Waals surface area contributed by atoms with E-state index in [2.05, 4.69) is 31.1 Å². The van der Waals surface area contributed by atoms with E-state index < -0.39 is 0 Å². The van der Waals surface area contributed by atoms with Crippen LogP contribution in [0.3, 0.4) is 0 Å². The van der Waals surface area contributed by atoms with Gasteiger partial charge in [-0.05, 0) is 55.7 Å². The molecule has 2 aromatic carbocycles. The molecule has 0 saturated heterocycles. The molecule has 0 unspecified atom stereocenters. The third-order valence-electron chi connectivity index (χ3n) is 4.94. The van der Waals surface area contributed by atoms with Crippen LogP contribution in [0.1, 0.15) is 5.56 Å². The summed E-state index contributed by atoms with van der Waals surface area (Å²) in [6, 6.07) is 10.2. The molecular formula is C21H20N2O4. The summed E-state index contributed by atoms with van der Waals surface area (Å²) in [4.78, 5) is 6.89. The Morgan fingerprint density at radius 1 is 0.926 bits per heavy atom. The van der Waals surface area contributed by atoms with Crippen molar-refractivity contribution in [3.63, 3.8) is 0 Å². The van der Waals surface area contributed by atoms with E-state index in [1.165, 1.54) is 5.56 Å². The van der Waals surface area contributed by atoms with E-state index in [0.29, 0.717) is 0 Å². The topological polar surface area (TPSA) is 53.1 Å². The zero-order valence-electron chi connectivity index (χ0n) is 15.3. The first-order chi connectivity index (χ1) is 13.2. The van der Waals surface area contributed by atoms with Gasteiger partial charge >= 0.3 is 0 Å². The molecular weight excluding hydrogens is 344 g/mol. The second-order valence-electron chi connectivity index (χ2n) is 7.01. The Morgan fingerprint density at radius 3 is 2.56 bits per heavy atom. The van der Waals surface area contributed by atoms with Crippen LogP contribution < -0.4 is 18.9 Å². The Hall–Kier alpha value is -2.99. The first kappa shape index (κ1) is 16.2. The molecule has 0 spiro atoms. The normalized spacial score (nSPS) is 14.3. The van der Waals surface area contributed by atoms with Gasteiger partial charge in [-0.25, -0.2) is 0 Å². The van der Waals surface area contributed by atoms with E-state index in [0.717, 1.165) is 58.0 Å². The molecule has 0 saturated carbocycles. The number of hydrogen-bond acceptors (Lipinski definition) is 6. The Balaban J connectivity index is 1.61. The van der Waals surface area contributed by atoms with Gasteiger partial charge < -0.3 is 23.8 Å². The number of nitrogens with zero attached hydrogens (tertiary/aromatic N) is 2. The number of ether oxygens (including phenoxy) is 4. The highest BCUT2D eigenvalue weighted by atomic mass is 16.7. The van der Waals surface area contributed by atoms with Crippen molar-refractivity contribution in [1.82, 2.24) is 9.88 Å². The van der Waals surface area contributed by atoms with Gasteiger partial charge in [-0.2, -0.15) is 0 Å². The zero-order valence-corrected chi connectivity index (χ0v) is 15.3. The first-order valence-corrected chi connectivity index (χ1v) is 8.95. The van der Waals surface area contributed by atoms with E-state index >= 15 is 0 Å². The molecule has 2 aliphatic heterocycles. The van der Waals surface area contributed by atoms with Crippen molar-refractivity contribution in [3.8, 4) is 34.3 Å². The molecule has 0 fully saturated rings. The highest BCUT2D eigenvalue weighted by Crippen LogP contribution is 2.42. The standard InChI is InChI=1S/C21H20N2O4/c1-23(2)6-5-14-8-19-20(26-11-25-19)9-15(14)17-7-13-3-4-18-21(27-12-24-18)16(13)10-22-17/h3-4,7-10H,5-6,11-12H2,1-2H3. The molecule has 0 atom stereocenters. The third-order valence-corrected chi connectivity index (χ3v) is 4.94. The lowest BCUT2D eigenvalue weighted by atomic mass is 9.98. The van der Waals surface area contributed by atoms with Gasteiger partial charge in [0.05, 0.1) is 5.69 Å². The molecule has 3 aromatic rings. The maximum absolute atomic E-state index is 5.60. The molecule has 2 aliphatic rings. The summed E-state index contributed by atoms with van der Waals surface area (Å²) in [5.41, 5.74) is 3.18. The molecule has 0 amide bonds. The molecule has 27 heavy (non-hydrogen) atoms. The van der Waals surface area contributed by atoms with Crippen molar-refractivity contribution in [2.75, 3.05) is 34.2 Å². The van der Waals surface area contributed by atoms with E-state index in [1.54, 1.807) is 0 Å². The van der Waals surface area contributed by atoms with Crippen molar-refractivity contribution in [2.45, 2.75) is 6.42 Å². The van der Waals surface area contributed by atoms with Gasteiger partial charge in [-0.15, -0.1) is 0 Å². The zero-order chi connectivity index (χ0) is 18.4. The maximum atomic E-state index is 5.60. The van der Waals surface area contributed by atoms with Gasteiger partial charge in [0, 0.05) is 23.7 Å². The maximum Gasteiger partial charge on any atom is 0.231 e. The highest BCUT2D eigenvalue weighted by molar-refractivity contribution is 5.93. The van der Waals surface area contributed by atoms with Crippen molar-refractivity contribution < 1.29 is 18.9 Å². The van der Waals surface area contributed by atoms with E-state index in [1.807, 2.05) is 24.4 Å². The molecule has 6 heteroatoms. The SMILES string of the molecule is CN(C)CCc1cc2c(cc1-c1cc3ccc4c(c3cn1)OCO4)OCO2. The fraction of sp³-hybridized carbons (Fsp3) is 0.286. The molecule has 6 nitrogen and oxygen atoms in total. The van der Waals surface area contributed by atoms with E-state index in [-0.39, 0.29) is 13.6 Å². The molecule has 138 valence electrons. The van der Waals surface area contributed by atoms with Crippen molar-refractivity contribution in [1.29, 1.82) is 0 Å². The van der Waals surface area contributed by atoms with Gasteiger partial charge in [0.15, 0.2) is 23.0 Å². The quantitative estimate of drug-likeness (QED) is 0.707. The first-order valence-electron chi connectivity index (χ1n) is 8.95. The minimum absolute atomic E-state index is 0.257. The van der Waals surface area contributed by atoms with Gasteiger partial charge in [0.25, 0.3) is 0 Å². The van der Waals surface area contributed by atoms with Crippen LogP contribution in [0.2, 0.25) is 0 Å². The number of pyridine rings is 1. The van der Waals surface area contributed by atoms with Crippen LogP contribution in [0.25, 0.3) is 22.0 Å². The average Bonchev–Trinajstić information content (AvgIpc) is 3.33. The Labute approximate surface area is 157 Å². The molecule has 0 radical (unpaired) electrons. The number of hydrogen-bond donors (Lipinski definition) is 0. The van der Waals surface area contributed by atoms with Gasteiger partial charge in [0.2, 0.25) is 13.6 Å². The number of fused-ring (bicyclic) bond motifs is 4. The lowest BCUT2D eigenvalue weighted by Crippen LogP contribution is -2.15. The van der Waals surface area contributed by atoms with Crippen LogP contribution in [-0.4, -0.2) is 44.1 Å². The fourth-order valence-electron chi connectivity index (χ4n) is 3.51. The van der Waals surface area contributed by atoms with Crippen molar-refractivity contribution in [2.24, 2.45) is 0 Å². The summed E-state index contributed by atoms with van der Waals surface area (Å²) in [6.07, 6.45) is 2.76. The third kappa shape index (κ3) is 2.82. The lowest BCUT2D eigenvalue weighted by Gasteiger charge is -2.14. The van der Waals surface area contributed by atoms with E-state index in [4.69, 9.17) is 23.9 Å². The lowest BCUT2D eigenvalue weighted by molar-refractivity contribution is 0.174. The number of rotatable bonds is 4. The van der Waals surface area contributed by atoms with E-state index in [9.17, 15) is 0 Å². The smallest absolute Gasteiger partial charge is 0.231 e. The van der Waals surface area contributed by atoms with Crippen LogP contribution >= 0.6 is 0 Å². The predicted octanol–water partition coefficient (Wildman–Crippen LogP) is 3.46. The Morgan fingerprint density at radius 2 is 1.70 bits per heavy atom. The predicted molar refractivity (Wildman–Crippen MR) is 102 cm³/mol. The van der Waals surface area contributed by atoms with Crippen LogP contribution in [0.5, 0.6) is 23.0 Å². The molecule has 1 aromatic heterocycles. The summed E-state index contributed by atoms with van der Waals surface area (Å²) in [5.74, 6) is 3.11. The minimum Gasteiger partial charge on any atom is -0.454 e. The van der Waals surface area contributed by atoms with Crippen LogP contribution in [-0.2, 0) is 6.42 Å². The van der Waals surface area contributed by atoms with Crippen LogP contribution in [0, 0.1) is 0 Å². The van der Waals surface area contributed by atoms with Crippen molar-refractivity contribution >= 4 is 10.8 Å². The summed E-state index contributed by atoms with van der Waals surface area (Å²) in [7, 11) is 4.15. The monoisotopic (exact) mass is 364 g/mol. The largest absolute Gasteiger partial charge is 0.454 e. The average molecular weight is 364 g/mol. The fourth-order valence-corrected chi connectivity index (χ4v) is 3.51. The summed E-state index contributed by atoms with van der Waals surface area (Å²) in [6.45, 7) is 1.46. The number of likely N-dealkylation sites (N-methyl/N-ethyl adjacent to an activating group) is 1. The number of benzene rings is 2. The van der Waals surface area contributed by atoms with Gasteiger partial charge in [0.1, 0.15) is 0 Å². The molecule has 0 bridgehead atoms. The summed E-state index contributed by atoms with van der Waals surface area (Å²) in [5, 5.41) is 2.03. The molecule has 5 rings (SSSR count). The van der Waals surface area contributed by atoms with Crippen molar-refractivity contribution in [3.05, 3.63) is 42.1 Å². The van der Waals surface area contributed by atoms with Crippen LogP contribution in [0.4, 0.5) is 0 Å². The highest BCUT2D eigenvalue weighted by Gasteiger charge is 2.21. The second kappa shape index (κ2) is 6.32. The molecule has 0 aliphatic carbocycles. The van der Waals surface area contributed by atoms with Gasteiger partial charge in [-0.1, -0.05) is 6.07 Å².